The molecule has 0 bridgehead atoms. The van der Waals surface area contributed by atoms with Gasteiger partial charge < -0.3 is 10.1 Å². The van der Waals surface area contributed by atoms with Crippen molar-refractivity contribution < 1.29 is 18.5 Å². The highest BCUT2D eigenvalue weighted by Crippen LogP contribution is 2.30. The van der Waals surface area contributed by atoms with Gasteiger partial charge in [-0.1, -0.05) is 0 Å². The van der Waals surface area contributed by atoms with Crippen molar-refractivity contribution in [2.75, 3.05) is 0 Å². The molecular weight excluding hydrogens is 210 g/mol. The van der Waals surface area contributed by atoms with Crippen LogP contribution in [0, 0.1) is 17.0 Å². The average molecular weight is 216 g/mol. The lowest BCUT2D eigenvalue weighted by Gasteiger charge is -2.04. The summed E-state index contributed by atoms with van der Waals surface area (Å²) in [5.74, 6) is -0.966. The first-order valence-electron chi connectivity index (χ1n) is 3.86. The van der Waals surface area contributed by atoms with E-state index < -0.39 is 28.3 Å². The smallest absolute Gasteiger partial charge is 0.358 e. The molecule has 0 unspecified atom stereocenters. The lowest BCUT2D eigenvalue weighted by atomic mass is 10.1. The number of hydrogen-bond acceptors (Lipinski definition) is 4. The van der Waals surface area contributed by atoms with Crippen LogP contribution in [0.1, 0.15) is 28.0 Å². The Morgan fingerprint density at radius 2 is 2.20 bits per heavy atom. The fourth-order valence-electron chi connectivity index (χ4n) is 1.15. The molecule has 0 saturated heterocycles. The standard InChI is InChI=1S/C8H6F2N2O3/c1-4-2-5(3-13)6(7(9)10)8(11-4)12(14)15/h2-3,7H,1H3. The van der Waals surface area contributed by atoms with Crippen LogP contribution < -0.4 is 0 Å². The molecule has 0 spiro atoms. The summed E-state index contributed by atoms with van der Waals surface area (Å²) in [7, 11) is 0. The molecule has 0 aliphatic carbocycles. The third-order valence-electron chi connectivity index (χ3n) is 1.72. The molecule has 0 saturated carbocycles. The predicted molar refractivity (Wildman–Crippen MR) is 46.0 cm³/mol. The van der Waals surface area contributed by atoms with Crippen LogP contribution in [0.3, 0.4) is 0 Å². The van der Waals surface area contributed by atoms with Gasteiger partial charge in [0.05, 0.1) is 0 Å². The van der Waals surface area contributed by atoms with Crippen LogP contribution in [0.25, 0.3) is 0 Å². The number of carbonyl (C=O) groups excluding carboxylic acids is 1. The van der Waals surface area contributed by atoms with Gasteiger partial charge in [-0.2, -0.15) is 0 Å². The predicted octanol–water partition coefficient (Wildman–Crippen LogP) is 2.05. The molecule has 7 heteroatoms. The summed E-state index contributed by atoms with van der Waals surface area (Å²) < 4.78 is 24.9. The molecule has 0 radical (unpaired) electrons. The number of hydrogen-bond donors (Lipinski definition) is 0. The van der Waals surface area contributed by atoms with Crippen molar-refractivity contribution in [2.24, 2.45) is 0 Å². The van der Waals surface area contributed by atoms with E-state index in [1.807, 2.05) is 0 Å². The third-order valence-corrected chi connectivity index (χ3v) is 1.72. The van der Waals surface area contributed by atoms with Crippen LogP contribution >= 0.6 is 0 Å². The number of rotatable bonds is 3. The number of nitro groups is 1. The average Bonchev–Trinajstić information content (AvgIpc) is 2.15. The molecule has 0 N–H and O–H groups in total. The van der Waals surface area contributed by atoms with Crippen molar-refractivity contribution in [2.45, 2.75) is 13.3 Å². The maximum absolute atomic E-state index is 12.5. The summed E-state index contributed by atoms with van der Waals surface area (Å²) in [5.41, 5.74) is -1.18. The molecule has 0 aromatic carbocycles. The maximum Gasteiger partial charge on any atom is 0.373 e. The first-order chi connectivity index (χ1) is 6.97. The van der Waals surface area contributed by atoms with Crippen molar-refractivity contribution in [3.8, 4) is 0 Å². The van der Waals surface area contributed by atoms with Crippen molar-refractivity contribution in [1.82, 2.24) is 4.98 Å². The van der Waals surface area contributed by atoms with Gasteiger partial charge in [0.15, 0.2) is 12.0 Å². The Bertz CT molecular complexity index is 421. The van der Waals surface area contributed by atoms with Gasteiger partial charge in [-0.15, -0.1) is 0 Å². The van der Waals surface area contributed by atoms with Crippen molar-refractivity contribution in [3.63, 3.8) is 0 Å². The zero-order valence-electron chi connectivity index (χ0n) is 7.61. The second-order valence-electron chi connectivity index (χ2n) is 2.77. The molecule has 0 atom stereocenters. The molecule has 0 amide bonds. The molecule has 1 aromatic heterocycles. The Hall–Kier alpha value is -1.92. The number of carbonyl (C=O) groups is 1. The van der Waals surface area contributed by atoms with Crippen LogP contribution in [0.2, 0.25) is 0 Å². The summed E-state index contributed by atoms with van der Waals surface area (Å²) in [6, 6.07) is 1.08. The van der Waals surface area contributed by atoms with E-state index in [1.165, 1.54) is 6.92 Å². The molecule has 80 valence electrons. The molecular formula is C8H6F2N2O3. The number of aryl methyl sites for hydroxylation is 1. The lowest BCUT2D eigenvalue weighted by molar-refractivity contribution is -0.391. The van der Waals surface area contributed by atoms with Gasteiger partial charge in [-0.25, -0.2) is 8.78 Å². The van der Waals surface area contributed by atoms with Gasteiger partial charge in [0.1, 0.15) is 5.56 Å². The highest BCUT2D eigenvalue weighted by Gasteiger charge is 2.27. The lowest BCUT2D eigenvalue weighted by Crippen LogP contribution is -2.04. The molecule has 1 aromatic rings. The molecule has 0 aliphatic rings. The zero-order chi connectivity index (χ0) is 11.6. The van der Waals surface area contributed by atoms with Gasteiger partial charge in [-0.05, 0) is 16.0 Å². The Morgan fingerprint density at radius 3 is 2.60 bits per heavy atom. The minimum Gasteiger partial charge on any atom is -0.358 e. The van der Waals surface area contributed by atoms with E-state index in [0.717, 1.165) is 6.07 Å². The maximum atomic E-state index is 12.5. The van der Waals surface area contributed by atoms with E-state index >= 15 is 0 Å². The summed E-state index contributed by atoms with van der Waals surface area (Å²) >= 11 is 0. The van der Waals surface area contributed by atoms with Gasteiger partial charge in [0, 0.05) is 12.5 Å². The van der Waals surface area contributed by atoms with E-state index in [2.05, 4.69) is 4.98 Å². The Balaban J connectivity index is 3.54. The van der Waals surface area contributed by atoms with Crippen LogP contribution in [-0.2, 0) is 0 Å². The van der Waals surface area contributed by atoms with Gasteiger partial charge in [0.25, 0.3) is 6.43 Å². The SMILES string of the molecule is Cc1cc(C=O)c(C(F)F)c([N+](=O)[O-])n1. The summed E-state index contributed by atoms with van der Waals surface area (Å²) in [4.78, 5) is 23.3. The number of alkyl halides is 2. The van der Waals surface area contributed by atoms with Crippen molar-refractivity contribution in [1.29, 1.82) is 0 Å². The first kappa shape index (κ1) is 11.2. The Labute approximate surface area is 82.9 Å². The fraction of sp³-hybridized carbons (Fsp3) is 0.250. The van der Waals surface area contributed by atoms with E-state index in [4.69, 9.17) is 0 Å². The molecule has 5 nitrogen and oxygen atoms in total. The van der Waals surface area contributed by atoms with Crippen molar-refractivity contribution in [3.05, 3.63) is 33.0 Å². The molecule has 15 heavy (non-hydrogen) atoms. The monoisotopic (exact) mass is 216 g/mol. The third kappa shape index (κ3) is 2.12. The quantitative estimate of drug-likeness (QED) is 0.440. The topological polar surface area (TPSA) is 73.1 Å². The van der Waals surface area contributed by atoms with Crippen molar-refractivity contribution >= 4 is 12.1 Å². The van der Waals surface area contributed by atoms with Gasteiger partial charge in [-0.3, -0.25) is 4.79 Å². The highest BCUT2D eigenvalue weighted by atomic mass is 19.3. The number of nitrogens with zero attached hydrogens (tertiary/aromatic N) is 2. The van der Waals surface area contributed by atoms with Crippen LogP contribution in [0.15, 0.2) is 6.07 Å². The molecule has 1 rings (SSSR count). The minimum atomic E-state index is -3.10. The fourth-order valence-corrected chi connectivity index (χ4v) is 1.15. The molecule has 0 fully saturated rings. The van der Waals surface area contributed by atoms with Crippen LogP contribution in [0.4, 0.5) is 14.6 Å². The first-order valence-corrected chi connectivity index (χ1v) is 3.86. The number of halogens is 2. The van der Waals surface area contributed by atoms with Gasteiger partial charge >= 0.3 is 5.82 Å². The van der Waals surface area contributed by atoms with Crippen LogP contribution in [0.5, 0.6) is 0 Å². The summed E-state index contributed by atoms with van der Waals surface area (Å²) in [6.45, 7) is 1.38. The minimum absolute atomic E-state index is 0.146. The Morgan fingerprint density at radius 1 is 1.60 bits per heavy atom. The number of pyridine rings is 1. The largest absolute Gasteiger partial charge is 0.373 e. The zero-order valence-corrected chi connectivity index (χ0v) is 7.61. The second-order valence-corrected chi connectivity index (χ2v) is 2.77. The normalized spacial score (nSPS) is 10.4. The number of aromatic nitrogens is 1. The van der Waals surface area contributed by atoms with E-state index in [0.29, 0.717) is 0 Å². The summed E-state index contributed by atoms with van der Waals surface area (Å²) in [5, 5.41) is 10.4. The van der Waals surface area contributed by atoms with E-state index in [-0.39, 0.29) is 12.0 Å². The Kier molecular flexibility index (Phi) is 3.03. The van der Waals surface area contributed by atoms with E-state index in [9.17, 15) is 23.7 Å². The highest BCUT2D eigenvalue weighted by molar-refractivity contribution is 5.79. The van der Waals surface area contributed by atoms with E-state index in [1.54, 1.807) is 0 Å². The number of aldehydes is 1. The van der Waals surface area contributed by atoms with Gasteiger partial charge in [0.2, 0.25) is 0 Å². The second kappa shape index (κ2) is 4.07. The molecule has 0 aliphatic heterocycles. The summed E-state index contributed by atoms with van der Waals surface area (Å²) in [6.07, 6.45) is -2.94. The molecule has 1 heterocycles. The van der Waals surface area contributed by atoms with Crippen LogP contribution in [-0.4, -0.2) is 16.2 Å².